The second-order valence-corrected chi connectivity index (χ2v) is 10.4. The highest BCUT2D eigenvalue weighted by atomic mass is 19.1. The van der Waals surface area contributed by atoms with Crippen molar-refractivity contribution in [2.75, 3.05) is 26.8 Å². The number of nitrogens with zero attached hydrogens (tertiary/aromatic N) is 5. The molecule has 9 nitrogen and oxygen atoms in total. The van der Waals surface area contributed by atoms with E-state index in [1.807, 2.05) is 30.3 Å². The van der Waals surface area contributed by atoms with Gasteiger partial charge in [-0.25, -0.2) is 19.2 Å². The molecule has 4 aromatic rings. The van der Waals surface area contributed by atoms with Gasteiger partial charge in [0.2, 0.25) is 5.88 Å². The van der Waals surface area contributed by atoms with Crippen LogP contribution < -0.4 is 4.74 Å². The lowest BCUT2D eigenvalue weighted by Gasteiger charge is -2.29. The lowest BCUT2D eigenvalue weighted by atomic mass is 10.0. The molecule has 2 aromatic carbocycles. The average Bonchev–Trinajstić information content (AvgIpc) is 3.34. The first kappa shape index (κ1) is 27.6. The molecule has 6 rings (SSSR count). The quantitative estimate of drug-likeness (QED) is 0.264. The van der Waals surface area contributed by atoms with Crippen LogP contribution in [0.25, 0.3) is 16.6 Å². The Bertz CT molecular complexity index is 1710. The van der Waals surface area contributed by atoms with E-state index in [0.29, 0.717) is 30.1 Å². The number of rotatable bonds is 9. The predicted molar refractivity (Wildman–Crippen MR) is 153 cm³/mol. The van der Waals surface area contributed by atoms with E-state index < -0.39 is 5.82 Å². The predicted octanol–water partition coefficient (Wildman–Crippen LogP) is 4.89. The van der Waals surface area contributed by atoms with Crippen molar-refractivity contribution in [3.63, 3.8) is 0 Å². The largest absolute Gasteiger partial charge is 0.473 e. The molecule has 0 amide bonds. The molecular weight excluding hydrogens is 537 g/mol. The molecule has 1 atom stereocenters. The highest BCUT2D eigenvalue weighted by Gasteiger charge is 2.24. The van der Waals surface area contributed by atoms with Crippen molar-refractivity contribution in [3.8, 4) is 11.9 Å². The Hall–Kier alpha value is -4.59. The number of methoxy groups -OCH3 is 1. The number of carbonyl (C=O) groups excluding carboxylic acids is 1. The minimum Gasteiger partial charge on any atom is -0.473 e. The summed E-state index contributed by atoms with van der Waals surface area (Å²) in [5.41, 5.74) is 4.83. The van der Waals surface area contributed by atoms with Crippen LogP contribution >= 0.6 is 0 Å². The number of hydrogen-bond donors (Lipinski definition) is 0. The fraction of sp³-hybridized carbons (Fsp3) is 0.312. The lowest BCUT2D eigenvalue weighted by Crippen LogP contribution is -2.33. The summed E-state index contributed by atoms with van der Waals surface area (Å²) in [5, 5.41) is 8.93. The number of carbonyl (C=O) groups is 1. The summed E-state index contributed by atoms with van der Waals surface area (Å²) in [6, 6.07) is 17.3. The van der Waals surface area contributed by atoms with Gasteiger partial charge in [-0.3, -0.25) is 4.90 Å². The standard InChI is InChI=1S/C32H30FN5O4/c1-40-32(39)23-7-8-28-29(16-23)38(18-25-11-14-41-25)30(35-28)19-37-12-9-22(10-13-37)27-3-2-4-31(36-27)42-20-24-6-5-21(17-34)15-26(24)33/h2-9,15-16,25H,10-14,18-20H2,1H3/t25-/m0/s1. The molecule has 214 valence electrons. The summed E-state index contributed by atoms with van der Waals surface area (Å²) in [6.45, 7) is 3.70. The van der Waals surface area contributed by atoms with Crippen LogP contribution in [0.3, 0.4) is 0 Å². The van der Waals surface area contributed by atoms with Crippen molar-refractivity contribution < 1.29 is 23.4 Å². The van der Waals surface area contributed by atoms with Gasteiger partial charge in [0.1, 0.15) is 18.2 Å². The van der Waals surface area contributed by atoms with Gasteiger partial charge in [0.15, 0.2) is 0 Å². The first-order chi connectivity index (χ1) is 20.5. The van der Waals surface area contributed by atoms with Gasteiger partial charge in [0, 0.05) is 31.3 Å². The summed E-state index contributed by atoms with van der Waals surface area (Å²) < 4.78 is 32.8. The van der Waals surface area contributed by atoms with Gasteiger partial charge in [-0.15, -0.1) is 0 Å². The number of nitriles is 1. The molecule has 4 heterocycles. The van der Waals surface area contributed by atoms with E-state index in [-0.39, 0.29) is 24.2 Å². The van der Waals surface area contributed by atoms with Gasteiger partial charge < -0.3 is 18.8 Å². The molecule has 0 N–H and O–H groups in total. The molecule has 0 aliphatic carbocycles. The fourth-order valence-electron chi connectivity index (χ4n) is 5.22. The number of fused-ring (bicyclic) bond motifs is 1. The van der Waals surface area contributed by atoms with Gasteiger partial charge in [-0.1, -0.05) is 18.2 Å². The number of ether oxygens (including phenoxy) is 3. The van der Waals surface area contributed by atoms with Crippen LogP contribution in [0.4, 0.5) is 4.39 Å². The van der Waals surface area contributed by atoms with Crippen molar-refractivity contribution in [1.29, 1.82) is 5.26 Å². The Morgan fingerprint density at radius 1 is 1.19 bits per heavy atom. The van der Waals surface area contributed by atoms with E-state index in [1.165, 1.54) is 13.2 Å². The van der Waals surface area contributed by atoms with Crippen molar-refractivity contribution in [1.82, 2.24) is 19.4 Å². The summed E-state index contributed by atoms with van der Waals surface area (Å²) >= 11 is 0. The summed E-state index contributed by atoms with van der Waals surface area (Å²) in [7, 11) is 1.38. The molecule has 10 heteroatoms. The third-order valence-corrected chi connectivity index (χ3v) is 7.70. The lowest BCUT2D eigenvalue weighted by molar-refractivity contribution is -0.0591. The number of imidazole rings is 1. The maximum absolute atomic E-state index is 14.2. The molecule has 2 aliphatic heterocycles. The van der Waals surface area contributed by atoms with Crippen LogP contribution in [0.2, 0.25) is 0 Å². The van der Waals surface area contributed by atoms with E-state index >= 15 is 0 Å². The monoisotopic (exact) mass is 567 g/mol. The molecule has 2 aliphatic rings. The Kier molecular flexibility index (Phi) is 7.95. The van der Waals surface area contributed by atoms with Gasteiger partial charge >= 0.3 is 5.97 Å². The maximum Gasteiger partial charge on any atom is 0.337 e. The number of hydrogen-bond acceptors (Lipinski definition) is 8. The highest BCUT2D eigenvalue weighted by Crippen LogP contribution is 2.27. The Morgan fingerprint density at radius 2 is 2.07 bits per heavy atom. The number of aromatic nitrogens is 3. The number of pyridine rings is 1. The summed E-state index contributed by atoms with van der Waals surface area (Å²) in [6.07, 6.45) is 4.13. The number of esters is 1. The molecule has 1 saturated heterocycles. The van der Waals surface area contributed by atoms with Crippen LogP contribution in [0.5, 0.6) is 5.88 Å². The first-order valence-corrected chi connectivity index (χ1v) is 13.9. The van der Waals surface area contributed by atoms with E-state index in [4.69, 9.17) is 24.5 Å². The fourth-order valence-corrected chi connectivity index (χ4v) is 5.22. The Morgan fingerprint density at radius 3 is 2.79 bits per heavy atom. The second-order valence-electron chi connectivity index (χ2n) is 10.4. The van der Waals surface area contributed by atoms with Gasteiger partial charge in [-0.05, 0) is 54.8 Å². The third-order valence-electron chi connectivity index (χ3n) is 7.70. The van der Waals surface area contributed by atoms with Crippen LogP contribution in [0.1, 0.15) is 45.8 Å². The van der Waals surface area contributed by atoms with E-state index in [1.54, 1.807) is 24.3 Å². The molecule has 0 radical (unpaired) electrons. The van der Waals surface area contributed by atoms with Crippen LogP contribution in [0.15, 0.2) is 60.7 Å². The number of benzene rings is 2. The minimum absolute atomic E-state index is 0.0227. The Balaban J connectivity index is 1.14. The zero-order chi connectivity index (χ0) is 29.1. The second kappa shape index (κ2) is 12.1. The van der Waals surface area contributed by atoms with Crippen molar-refractivity contribution in [2.24, 2.45) is 0 Å². The molecule has 0 bridgehead atoms. The van der Waals surface area contributed by atoms with Gasteiger partial charge in [0.05, 0.1) is 60.2 Å². The number of halogens is 1. The molecular formula is C32H30FN5O4. The van der Waals surface area contributed by atoms with Crippen LogP contribution in [-0.4, -0.2) is 58.3 Å². The van der Waals surface area contributed by atoms with Crippen molar-refractivity contribution in [3.05, 3.63) is 94.7 Å². The smallest absolute Gasteiger partial charge is 0.337 e. The van der Waals surface area contributed by atoms with Gasteiger partial charge in [-0.2, -0.15) is 5.26 Å². The van der Waals surface area contributed by atoms with Crippen LogP contribution in [-0.2, 0) is 29.2 Å². The normalized spacial score (nSPS) is 16.9. The topological polar surface area (TPSA) is 102 Å². The maximum atomic E-state index is 14.2. The summed E-state index contributed by atoms with van der Waals surface area (Å²) in [4.78, 5) is 24.1. The molecule has 2 aromatic heterocycles. The van der Waals surface area contributed by atoms with Crippen molar-refractivity contribution in [2.45, 2.75) is 38.6 Å². The van der Waals surface area contributed by atoms with E-state index in [9.17, 15) is 9.18 Å². The van der Waals surface area contributed by atoms with E-state index in [2.05, 4.69) is 20.5 Å². The zero-order valence-electron chi connectivity index (χ0n) is 23.3. The van der Waals surface area contributed by atoms with Crippen molar-refractivity contribution >= 4 is 22.6 Å². The Labute approximate surface area is 242 Å². The zero-order valence-corrected chi connectivity index (χ0v) is 23.3. The first-order valence-electron chi connectivity index (χ1n) is 13.9. The molecule has 0 saturated carbocycles. The highest BCUT2D eigenvalue weighted by molar-refractivity contribution is 5.93. The molecule has 1 fully saturated rings. The van der Waals surface area contributed by atoms with Gasteiger partial charge in [0.25, 0.3) is 0 Å². The molecule has 0 unspecified atom stereocenters. The molecule has 0 spiro atoms. The SMILES string of the molecule is COC(=O)c1ccc2nc(CN3CC=C(c4cccc(OCc5ccc(C#N)cc5F)n4)CC3)n(C[C@@H]3CCO3)c2c1. The summed E-state index contributed by atoms with van der Waals surface area (Å²) in [5.74, 6) is 0.503. The van der Waals surface area contributed by atoms with Crippen LogP contribution in [0, 0.1) is 17.1 Å². The minimum atomic E-state index is -0.474. The average molecular weight is 568 g/mol. The molecule has 42 heavy (non-hydrogen) atoms. The van der Waals surface area contributed by atoms with E-state index in [0.717, 1.165) is 60.7 Å². The third kappa shape index (κ3) is 5.88.